The summed E-state index contributed by atoms with van der Waals surface area (Å²) in [5.74, 6) is 0.0709. The molecule has 3 aromatic rings. The molecule has 1 N–H and O–H groups in total. The van der Waals surface area contributed by atoms with Crippen molar-refractivity contribution in [3.8, 4) is 0 Å². The van der Waals surface area contributed by atoms with Gasteiger partial charge in [0.1, 0.15) is 0 Å². The van der Waals surface area contributed by atoms with Crippen molar-refractivity contribution in [1.29, 1.82) is 0 Å². The highest BCUT2D eigenvalue weighted by Gasteiger charge is 2.13. The number of thioether (sulfide) groups is 1. The smallest absolute Gasteiger partial charge is 0.263 e. The SMILES string of the molecule is COCCn1c(SCC(=O)NCCc2ccccc2)nc2ncccc2c1=O. The molecular weight excluding hydrogens is 376 g/mol. The molecule has 2 heterocycles. The lowest BCUT2D eigenvalue weighted by molar-refractivity contribution is -0.118. The molecule has 0 aliphatic carbocycles. The summed E-state index contributed by atoms with van der Waals surface area (Å²) in [6.45, 7) is 1.31. The van der Waals surface area contributed by atoms with Crippen LogP contribution in [-0.2, 0) is 22.5 Å². The molecule has 3 rings (SSSR count). The van der Waals surface area contributed by atoms with Crippen LogP contribution in [0.3, 0.4) is 0 Å². The van der Waals surface area contributed by atoms with Crippen LogP contribution in [0.25, 0.3) is 11.0 Å². The molecule has 8 heteroatoms. The van der Waals surface area contributed by atoms with Crippen LogP contribution in [0, 0.1) is 0 Å². The van der Waals surface area contributed by atoms with Crippen molar-refractivity contribution in [2.24, 2.45) is 0 Å². The van der Waals surface area contributed by atoms with Crippen molar-refractivity contribution in [2.75, 3.05) is 26.0 Å². The average molecular weight is 398 g/mol. The third kappa shape index (κ3) is 5.17. The molecule has 0 radical (unpaired) electrons. The number of benzene rings is 1. The number of carbonyl (C=O) groups excluding carboxylic acids is 1. The van der Waals surface area contributed by atoms with Crippen LogP contribution in [0.4, 0.5) is 0 Å². The second kappa shape index (κ2) is 10.0. The Morgan fingerprint density at radius 3 is 2.82 bits per heavy atom. The summed E-state index contributed by atoms with van der Waals surface area (Å²) < 4.78 is 6.63. The molecule has 146 valence electrons. The molecule has 0 bridgehead atoms. The number of aromatic nitrogens is 3. The predicted molar refractivity (Wildman–Crippen MR) is 110 cm³/mol. The number of nitrogens with zero attached hydrogens (tertiary/aromatic N) is 3. The Bertz CT molecular complexity index is 992. The van der Waals surface area contributed by atoms with Gasteiger partial charge in [0.15, 0.2) is 10.8 Å². The van der Waals surface area contributed by atoms with E-state index in [4.69, 9.17) is 4.74 Å². The van der Waals surface area contributed by atoms with E-state index in [-0.39, 0.29) is 17.2 Å². The van der Waals surface area contributed by atoms with Crippen molar-refractivity contribution < 1.29 is 9.53 Å². The van der Waals surface area contributed by atoms with Crippen molar-refractivity contribution in [1.82, 2.24) is 19.9 Å². The Labute approximate surface area is 167 Å². The van der Waals surface area contributed by atoms with Crippen LogP contribution >= 0.6 is 11.8 Å². The first kappa shape index (κ1) is 20.0. The summed E-state index contributed by atoms with van der Waals surface area (Å²) in [5.41, 5.74) is 1.38. The third-order valence-electron chi connectivity index (χ3n) is 4.12. The Balaban J connectivity index is 1.65. The quantitative estimate of drug-likeness (QED) is 0.438. The van der Waals surface area contributed by atoms with Gasteiger partial charge in [-0.25, -0.2) is 9.97 Å². The van der Waals surface area contributed by atoms with Gasteiger partial charge in [-0.15, -0.1) is 0 Å². The monoisotopic (exact) mass is 398 g/mol. The number of nitrogens with one attached hydrogen (secondary N) is 1. The van der Waals surface area contributed by atoms with Gasteiger partial charge in [0, 0.05) is 19.9 Å². The largest absolute Gasteiger partial charge is 0.383 e. The standard InChI is InChI=1S/C20H22N4O3S/c1-27-13-12-24-19(26)16-8-5-10-22-18(16)23-20(24)28-14-17(25)21-11-9-15-6-3-2-4-7-15/h2-8,10H,9,11-14H2,1H3,(H,21,25). The Hall–Kier alpha value is -2.71. The summed E-state index contributed by atoms with van der Waals surface area (Å²) in [4.78, 5) is 33.6. The number of methoxy groups -OCH3 is 1. The number of ether oxygens (including phenoxy) is 1. The average Bonchev–Trinajstić information content (AvgIpc) is 2.72. The minimum absolute atomic E-state index is 0.102. The Morgan fingerprint density at radius 2 is 2.04 bits per heavy atom. The minimum Gasteiger partial charge on any atom is -0.383 e. The number of fused-ring (bicyclic) bond motifs is 1. The Morgan fingerprint density at radius 1 is 1.21 bits per heavy atom. The van der Waals surface area contributed by atoms with Crippen LogP contribution in [-0.4, -0.2) is 46.5 Å². The maximum atomic E-state index is 12.7. The van der Waals surface area contributed by atoms with Gasteiger partial charge in [-0.1, -0.05) is 42.1 Å². The molecule has 0 saturated heterocycles. The molecule has 2 aromatic heterocycles. The van der Waals surface area contributed by atoms with E-state index >= 15 is 0 Å². The molecule has 0 atom stereocenters. The number of pyridine rings is 1. The second-order valence-corrected chi connectivity index (χ2v) is 7.04. The van der Waals surface area contributed by atoms with Gasteiger partial charge in [-0.05, 0) is 24.1 Å². The van der Waals surface area contributed by atoms with Crippen molar-refractivity contribution in [2.45, 2.75) is 18.1 Å². The maximum absolute atomic E-state index is 12.7. The van der Waals surface area contributed by atoms with E-state index in [2.05, 4.69) is 15.3 Å². The number of amides is 1. The van der Waals surface area contributed by atoms with E-state index in [9.17, 15) is 9.59 Å². The first-order valence-corrected chi connectivity index (χ1v) is 9.95. The Kier molecular flexibility index (Phi) is 7.16. The van der Waals surface area contributed by atoms with E-state index in [1.54, 1.807) is 25.4 Å². The van der Waals surface area contributed by atoms with Crippen LogP contribution in [0.1, 0.15) is 5.56 Å². The fraction of sp³-hybridized carbons (Fsp3) is 0.300. The van der Waals surface area contributed by atoms with E-state index in [1.807, 2.05) is 30.3 Å². The highest BCUT2D eigenvalue weighted by Crippen LogP contribution is 2.16. The van der Waals surface area contributed by atoms with Crippen molar-refractivity contribution in [3.05, 3.63) is 64.6 Å². The molecule has 7 nitrogen and oxygen atoms in total. The predicted octanol–water partition coefficient (Wildman–Crippen LogP) is 1.89. The minimum atomic E-state index is -0.179. The lowest BCUT2D eigenvalue weighted by Crippen LogP contribution is -2.29. The van der Waals surface area contributed by atoms with Crippen LogP contribution in [0.15, 0.2) is 58.6 Å². The fourth-order valence-electron chi connectivity index (χ4n) is 2.70. The second-order valence-electron chi connectivity index (χ2n) is 6.09. The maximum Gasteiger partial charge on any atom is 0.263 e. The molecule has 0 saturated carbocycles. The summed E-state index contributed by atoms with van der Waals surface area (Å²) in [5, 5.41) is 3.82. The molecule has 0 spiro atoms. The van der Waals surface area contributed by atoms with E-state index in [0.29, 0.717) is 35.9 Å². The molecule has 0 aliphatic rings. The molecule has 1 aromatic carbocycles. The summed E-state index contributed by atoms with van der Waals surface area (Å²) >= 11 is 1.23. The number of carbonyl (C=O) groups is 1. The summed E-state index contributed by atoms with van der Waals surface area (Å²) in [6.07, 6.45) is 2.37. The zero-order valence-corrected chi connectivity index (χ0v) is 16.4. The van der Waals surface area contributed by atoms with Gasteiger partial charge in [0.05, 0.1) is 24.3 Å². The van der Waals surface area contributed by atoms with Gasteiger partial charge in [0.25, 0.3) is 5.56 Å². The van der Waals surface area contributed by atoms with E-state index < -0.39 is 0 Å². The number of hydrogen-bond donors (Lipinski definition) is 1. The lowest BCUT2D eigenvalue weighted by atomic mass is 10.1. The first-order chi connectivity index (χ1) is 13.7. The lowest BCUT2D eigenvalue weighted by Gasteiger charge is -2.12. The summed E-state index contributed by atoms with van der Waals surface area (Å²) in [6, 6.07) is 13.4. The van der Waals surface area contributed by atoms with Crippen LogP contribution in [0.5, 0.6) is 0 Å². The van der Waals surface area contributed by atoms with Crippen LogP contribution in [0.2, 0.25) is 0 Å². The third-order valence-corrected chi connectivity index (χ3v) is 5.10. The van der Waals surface area contributed by atoms with Gasteiger partial charge in [0.2, 0.25) is 5.91 Å². The van der Waals surface area contributed by atoms with E-state index in [1.165, 1.54) is 21.9 Å². The summed E-state index contributed by atoms with van der Waals surface area (Å²) in [7, 11) is 1.58. The molecular formula is C20H22N4O3S. The highest BCUT2D eigenvalue weighted by molar-refractivity contribution is 7.99. The first-order valence-electron chi connectivity index (χ1n) is 8.97. The molecule has 0 fully saturated rings. The normalized spacial score (nSPS) is 10.9. The van der Waals surface area contributed by atoms with Crippen molar-refractivity contribution >= 4 is 28.7 Å². The van der Waals surface area contributed by atoms with Crippen molar-refractivity contribution in [3.63, 3.8) is 0 Å². The number of hydrogen-bond acceptors (Lipinski definition) is 6. The van der Waals surface area contributed by atoms with Gasteiger partial charge in [-0.2, -0.15) is 0 Å². The number of rotatable bonds is 9. The molecule has 0 unspecified atom stereocenters. The zero-order valence-electron chi connectivity index (χ0n) is 15.6. The van der Waals surface area contributed by atoms with Gasteiger partial charge >= 0.3 is 0 Å². The highest BCUT2D eigenvalue weighted by atomic mass is 32.2. The molecule has 1 amide bonds. The molecule has 28 heavy (non-hydrogen) atoms. The van der Waals surface area contributed by atoms with Crippen LogP contribution < -0.4 is 10.9 Å². The molecule has 0 aliphatic heterocycles. The van der Waals surface area contributed by atoms with Gasteiger partial charge in [-0.3, -0.25) is 14.2 Å². The zero-order chi connectivity index (χ0) is 19.8. The van der Waals surface area contributed by atoms with E-state index in [0.717, 1.165) is 6.42 Å². The fourth-order valence-corrected chi connectivity index (χ4v) is 3.54. The van der Waals surface area contributed by atoms with Gasteiger partial charge < -0.3 is 10.1 Å². The topological polar surface area (TPSA) is 86.1 Å².